The van der Waals surface area contributed by atoms with Gasteiger partial charge in [-0.1, -0.05) is 65.0 Å². The lowest BCUT2D eigenvalue weighted by atomic mass is 9.18. The molecule has 282 valence electrons. The number of rotatable bonds is 16. The molecule has 4 saturated carbocycles. The molecule has 0 aromatic heterocycles. The van der Waals surface area contributed by atoms with Crippen molar-refractivity contribution in [2.45, 2.75) is 117 Å². The smallest absolute Gasteiger partial charge is 0.407 e. The first kappa shape index (κ1) is 37.7. The van der Waals surface area contributed by atoms with E-state index in [0.717, 1.165) is 30.4 Å². The number of methoxy groups -OCH3 is 2. The van der Waals surface area contributed by atoms with E-state index in [2.05, 4.69) is 50.6 Å². The van der Waals surface area contributed by atoms with Crippen molar-refractivity contribution >= 4 is 23.7 Å². The summed E-state index contributed by atoms with van der Waals surface area (Å²) in [7, 11) is 3.13. The molecule has 52 heavy (non-hydrogen) atoms. The van der Waals surface area contributed by atoms with Crippen molar-refractivity contribution in [2.24, 2.45) is 34.0 Å². The molecule has 4 aliphatic carbocycles. The molecule has 2 aromatic rings. The largest absolute Gasteiger partial charge is 0.497 e. The SMILES string of the molecule is CCC12CC3(NC(=O)C4(CC)CCC(CC)(NC(=O)OCc5ccccc5)C4CC(C)C)CC(C(=O)C(=O)NCc4cc(OC)cc(OC)c4)(C1)C23. The van der Waals surface area contributed by atoms with E-state index in [4.69, 9.17) is 14.2 Å². The number of carbonyl (C=O) groups excluding carboxylic acids is 4. The van der Waals surface area contributed by atoms with Crippen molar-refractivity contribution in [2.75, 3.05) is 14.2 Å². The molecule has 3 N–H and O–H groups in total. The average molecular weight is 716 g/mol. The number of ketones is 1. The summed E-state index contributed by atoms with van der Waals surface area (Å²) >= 11 is 0. The van der Waals surface area contributed by atoms with E-state index in [9.17, 15) is 19.2 Å². The van der Waals surface area contributed by atoms with E-state index in [1.54, 1.807) is 20.3 Å². The number of hydrogen-bond acceptors (Lipinski definition) is 7. The van der Waals surface area contributed by atoms with Crippen LogP contribution in [0.2, 0.25) is 0 Å². The maximum atomic E-state index is 14.8. The standard InChI is InChI=1S/C42H57N3O7/c1-8-38-24-40(33(46)34(47)43-22-29-19-30(50-6)21-31(20-29)51-7)26-42(25-38,35(38)40)44-36(48)39(9-2)16-17-41(10-3,32(39)18-27(4)5)45-37(49)52-23-28-14-12-11-13-15-28/h11-15,19-21,27,32,35H,8-10,16-18,22-26H2,1-7H3,(H,43,47)(H,44,48)(H,45,49). The molecule has 0 radical (unpaired) electrons. The molecule has 10 nitrogen and oxygen atoms in total. The molecule has 7 unspecified atom stereocenters. The first-order valence-electron chi connectivity index (χ1n) is 19.2. The fourth-order valence-corrected chi connectivity index (χ4v) is 11.4. The molecule has 10 heteroatoms. The number of amides is 3. The first-order valence-corrected chi connectivity index (χ1v) is 19.2. The fraction of sp³-hybridized carbons (Fsp3) is 0.619. The summed E-state index contributed by atoms with van der Waals surface area (Å²) in [6.07, 6.45) is 5.87. The number of carbonyl (C=O) groups is 4. The molecular weight excluding hydrogens is 658 g/mol. The van der Waals surface area contributed by atoms with Crippen molar-refractivity contribution in [3.63, 3.8) is 0 Å². The van der Waals surface area contributed by atoms with Crippen molar-refractivity contribution < 1.29 is 33.4 Å². The van der Waals surface area contributed by atoms with Gasteiger partial charge in [0.2, 0.25) is 11.7 Å². The Morgan fingerprint density at radius 1 is 0.827 bits per heavy atom. The number of alkyl carbamates (subject to hydrolysis) is 1. The van der Waals surface area contributed by atoms with Gasteiger partial charge in [0.05, 0.1) is 19.6 Å². The van der Waals surface area contributed by atoms with Crippen LogP contribution in [0.15, 0.2) is 48.5 Å². The third kappa shape index (κ3) is 6.03. The zero-order valence-electron chi connectivity index (χ0n) is 32.0. The lowest BCUT2D eigenvalue weighted by molar-refractivity contribution is -0.338. The van der Waals surface area contributed by atoms with Crippen LogP contribution in [0.3, 0.4) is 0 Å². The van der Waals surface area contributed by atoms with Crippen LogP contribution in [-0.2, 0) is 32.3 Å². The van der Waals surface area contributed by atoms with Crippen molar-refractivity contribution in [1.29, 1.82) is 0 Å². The van der Waals surface area contributed by atoms with Crippen molar-refractivity contribution in [3.8, 4) is 11.5 Å². The number of Topliss-reactive ketones (excluding diaryl/α,β-unsaturated/α-hetero) is 1. The second-order valence-electron chi connectivity index (χ2n) is 16.6. The predicted molar refractivity (Wildman–Crippen MR) is 197 cm³/mol. The predicted octanol–water partition coefficient (Wildman–Crippen LogP) is 6.88. The quantitative estimate of drug-likeness (QED) is 0.162. The Kier molecular flexibility index (Phi) is 10.2. The van der Waals surface area contributed by atoms with E-state index in [1.807, 2.05) is 42.5 Å². The van der Waals surface area contributed by atoms with Crippen LogP contribution in [0.4, 0.5) is 4.79 Å². The molecule has 7 atom stereocenters. The summed E-state index contributed by atoms with van der Waals surface area (Å²) in [4.78, 5) is 55.5. The highest BCUT2D eigenvalue weighted by Gasteiger charge is 2.88. The lowest BCUT2D eigenvalue weighted by Gasteiger charge is -2.86. The van der Waals surface area contributed by atoms with Gasteiger partial charge in [0, 0.05) is 35.0 Å². The van der Waals surface area contributed by atoms with Gasteiger partial charge in [-0.3, -0.25) is 14.4 Å². The zero-order chi connectivity index (χ0) is 37.5. The minimum absolute atomic E-state index is 0.0181. The maximum Gasteiger partial charge on any atom is 0.407 e. The molecule has 0 aliphatic heterocycles. The number of ether oxygens (including phenoxy) is 3. The topological polar surface area (TPSA) is 132 Å². The van der Waals surface area contributed by atoms with E-state index in [1.165, 1.54) is 0 Å². The van der Waals surface area contributed by atoms with Gasteiger partial charge < -0.3 is 30.2 Å². The highest BCUT2D eigenvalue weighted by molar-refractivity contribution is 6.39. The summed E-state index contributed by atoms with van der Waals surface area (Å²) in [6.45, 7) is 11.0. The third-order valence-corrected chi connectivity index (χ3v) is 13.6. The molecular formula is C42H57N3O7. The molecule has 0 heterocycles. The molecule has 0 spiro atoms. The molecule has 4 fully saturated rings. The van der Waals surface area contributed by atoms with Gasteiger partial charge >= 0.3 is 6.09 Å². The van der Waals surface area contributed by atoms with E-state index in [-0.39, 0.29) is 42.1 Å². The van der Waals surface area contributed by atoms with Gasteiger partial charge in [-0.05, 0) is 98.3 Å². The number of nitrogens with one attached hydrogen (secondary N) is 3. The van der Waals surface area contributed by atoms with Crippen LogP contribution < -0.4 is 25.4 Å². The Labute approximate surface area is 308 Å². The van der Waals surface area contributed by atoms with Crippen LogP contribution in [0.1, 0.15) is 104 Å². The van der Waals surface area contributed by atoms with Crippen LogP contribution >= 0.6 is 0 Å². The van der Waals surface area contributed by atoms with E-state index in [0.29, 0.717) is 55.9 Å². The zero-order valence-corrected chi connectivity index (χ0v) is 32.0. The second kappa shape index (κ2) is 14.0. The van der Waals surface area contributed by atoms with Crippen molar-refractivity contribution in [3.05, 3.63) is 59.7 Å². The highest BCUT2D eigenvalue weighted by Crippen LogP contribution is 2.86. The van der Waals surface area contributed by atoms with Crippen LogP contribution in [0.25, 0.3) is 0 Å². The first-order chi connectivity index (χ1) is 24.8. The molecule has 4 aliphatic rings. The molecule has 0 saturated heterocycles. The Hall–Kier alpha value is -4.08. The second-order valence-corrected chi connectivity index (χ2v) is 16.6. The lowest BCUT2D eigenvalue weighted by Crippen LogP contribution is -2.91. The molecule has 0 bridgehead atoms. The number of benzene rings is 2. The Morgan fingerprint density at radius 2 is 1.52 bits per heavy atom. The average Bonchev–Trinajstić information content (AvgIpc) is 3.44. The summed E-state index contributed by atoms with van der Waals surface area (Å²) in [5.74, 6) is 0.408. The summed E-state index contributed by atoms with van der Waals surface area (Å²) in [5.41, 5.74) is -0.869. The van der Waals surface area contributed by atoms with Gasteiger partial charge in [0.1, 0.15) is 18.1 Å². The summed E-state index contributed by atoms with van der Waals surface area (Å²) < 4.78 is 16.4. The Balaban J connectivity index is 1.16. The normalized spacial score (nSPS) is 32.3. The van der Waals surface area contributed by atoms with Crippen molar-refractivity contribution in [1.82, 2.24) is 16.0 Å². The van der Waals surface area contributed by atoms with Gasteiger partial charge in [0.25, 0.3) is 5.91 Å². The van der Waals surface area contributed by atoms with Crippen LogP contribution in [0, 0.1) is 34.0 Å². The van der Waals surface area contributed by atoms with Crippen LogP contribution in [-0.4, -0.2) is 49.0 Å². The molecule has 2 aromatic carbocycles. The monoisotopic (exact) mass is 715 g/mol. The van der Waals surface area contributed by atoms with Gasteiger partial charge in [-0.2, -0.15) is 0 Å². The highest BCUT2D eigenvalue weighted by atomic mass is 16.5. The van der Waals surface area contributed by atoms with Crippen LogP contribution in [0.5, 0.6) is 11.5 Å². The maximum absolute atomic E-state index is 14.8. The minimum atomic E-state index is -0.749. The molecule has 3 amide bonds. The van der Waals surface area contributed by atoms with E-state index < -0.39 is 33.9 Å². The minimum Gasteiger partial charge on any atom is -0.497 e. The van der Waals surface area contributed by atoms with E-state index >= 15 is 0 Å². The molecule has 6 rings (SSSR count). The summed E-state index contributed by atoms with van der Waals surface area (Å²) in [6, 6.07) is 15.0. The Bertz CT molecular complexity index is 1680. The van der Waals surface area contributed by atoms with Gasteiger partial charge in [0.15, 0.2) is 0 Å². The third-order valence-electron chi connectivity index (χ3n) is 13.6. The van der Waals surface area contributed by atoms with Gasteiger partial charge in [-0.15, -0.1) is 0 Å². The van der Waals surface area contributed by atoms with Gasteiger partial charge in [-0.25, -0.2) is 4.79 Å². The Morgan fingerprint density at radius 3 is 2.12 bits per heavy atom. The fourth-order valence-electron chi connectivity index (χ4n) is 11.4. The number of hydrogen-bond donors (Lipinski definition) is 3. The summed E-state index contributed by atoms with van der Waals surface area (Å²) in [5, 5.41) is 9.68.